The fourth-order valence-corrected chi connectivity index (χ4v) is 2.70. The second-order valence-corrected chi connectivity index (χ2v) is 4.69. The molecule has 0 saturated carbocycles. The van der Waals surface area contributed by atoms with Crippen LogP contribution in [0.4, 0.5) is 0 Å². The molecule has 20 heavy (non-hydrogen) atoms. The Kier molecular flexibility index (Phi) is 2.27. The van der Waals surface area contributed by atoms with Crippen LogP contribution in [0.2, 0.25) is 0 Å². The van der Waals surface area contributed by atoms with Gasteiger partial charge in [0.1, 0.15) is 0 Å². The number of nitrogens with zero attached hydrogens (tertiary/aromatic N) is 2. The van der Waals surface area contributed by atoms with E-state index in [9.17, 15) is 5.11 Å². The summed E-state index contributed by atoms with van der Waals surface area (Å²) in [6.45, 7) is 0. The maximum Gasteiger partial charge on any atom is 0.0957 e. The Balaban J connectivity index is 2.26. The molecule has 0 amide bonds. The summed E-state index contributed by atoms with van der Waals surface area (Å²) in [6.07, 6.45) is 1.73. The highest BCUT2D eigenvalue weighted by Gasteiger charge is 2.12. The van der Waals surface area contributed by atoms with Crippen LogP contribution >= 0.6 is 0 Å². The van der Waals surface area contributed by atoms with Gasteiger partial charge < -0.3 is 9.67 Å². The first-order chi connectivity index (χ1) is 9.86. The number of aromatic nitrogens is 2. The molecule has 0 aliphatic carbocycles. The maximum atomic E-state index is 12.2. The van der Waals surface area contributed by atoms with Gasteiger partial charge in [0.15, 0.2) is 0 Å². The maximum absolute atomic E-state index is 12.2. The first-order valence-electron chi connectivity index (χ1n) is 6.47. The zero-order chi connectivity index (χ0) is 13.5. The molecule has 2 aromatic carbocycles. The van der Waals surface area contributed by atoms with Gasteiger partial charge in [-0.2, -0.15) is 0 Å². The highest BCUT2D eigenvalue weighted by Crippen LogP contribution is 2.34. The van der Waals surface area contributed by atoms with Crippen molar-refractivity contribution in [2.24, 2.45) is 0 Å². The zero-order valence-electron chi connectivity index (χ0n) is 10.7. The van der Waals surface area contributed by atoms with Crippen LogP contribution in [0.3, 0.4) is 0 Å². The molecule has 0 spiro atoms. The minimum atomic E-state index is 0.0147. The molecule has 0 atom stereocenters. The molecule has 0 fully saturated rings. The quantitative estimate of drug-likeness (QED) is 0.526. The van der Waals surface area contributed by atoms with Crippen LogP contribution in [0.15, 0.2) is 66.9 Å². The lowest BCUT2D eigenvalue weighted by molar-refractivity contribution is -0.265. The summed E-state index contributed by atoms with van der Waals surface area (Å²) in [5.41, 5.74) is 3.65. The molecular formula is C17H11N2O-. The van der Waals surface area contributed by atoms with Crippen LogP contribution < -0.4 is 5.11 Å². The summed E-state index contributed by atoms with van der Waals surface area (Å²) in [5, 5.41) is 12.9. The first-order valence-corrected chi connectivity index (χ1v) is 6.47. The Morgan fingerprint density at radius 3 is 2.45 bits per heavy atom. The monoisotopic (exact) mass is 259 g/mol. The fourth-order valence-electron chi connectivity index (χ4n) is 2.70. The minimum absolute atomic E-state index is 0.0147. The van der Waals surface area contributed by atoms with Gasteiger partial charge in [-0.25, -0.2) is 0 Å². The van der Waals surface area contributed by atoms with Crippen molar-refractivity contribution in [3.8, 4) is 11.4 Å². The van der Waals surface area contributed by atoms with Crippen molar-refractivity contribution in [3.63, 3.8) is 0 Å². The van der Waals surface area contributed by atoms with Gasteiger partial charge in [-0.3, -0.25) is 4.98 Å². The summed E-state index contributed by atoms with van der Waals surface area (Å²) >= 11 is 0. The van der Waals surface area contributed by atoms with Crippen molar-refractivity contribution < 1.29 is 5.11 Å². The third-order valence-corrected chi connectivity index (χ3v) is 3.52. The van der Waals surface area contributed by atoms with Gasteiger partial charge in [0.05, 0.1) is 16.6 Å². The topological polar surface area (TPSA) is 40.9 Å². The van der Waals surface area contributed by atoms with Crippen molar-refractivity contribution >= 4 is 21.9 Å². The summed E-state index contributed by atoms with van der Waals surface area (Å²) in [7, 11) is 0. The molecule has 0 aliphatic rings. The predicted octanol–water partition coefficient (Wildman–Crippen LogP) is 3.25. The van der Waals surface area contributed by atoms with Crippen LogP contribution in [0.5, 0.6) is 5.75 Å². The number of rotatable bonds is 1. The van der Waals surface area contributed by atoms with Crippen LogP contribution in [0.1, 0.15) is 0 Å². The lowest BCUT2D eigenvalue weighted by atomic mass is 10.2. The number of fused-ring (bicyclic) bond motifs is 3. The molecule has 0 radical (unpaired) electrons. The first kappa shape index (κ1) is 11.1. The zero-order valence-corrected chi connectivity index (χ0v) is 10.7. The van der Waals surface area contributed by atoms with E-state index in [1.54, 1.807) is 18.3 Å². The highest BCUT2D eigenvalue weighted by atomic mass is 16.3. The van der Waals surface area contributed by atoms with Crippen LogP contribution in [-0.2, 0) is 0 Å². The van der Waals surface area contributed by atoms with E-state index in [4.69, 9.17) is 0 Å². The van der Waals surface area contributed by atoms with Gasteiger partial charge in [-0.1, -0.05) is 36.1 Å². The van der Waals surface area contributed by atoms with E-state index in [0.29, 0.717) is 5.39 Å². The Morgan fingerprint density at radius 2 is 1.60 bits per heavy atom. The van der Waals surface area contributed by atoms with Gasteiger partial charge in [0.2, 0.25) is 0 Å². The van der Waals surface area contributed by atoms with E-state index >= 15 is 0 Å². The van der Waals surface area contributed by atoms with E-state index in [2.05, 4.69) is 9.55 Å². The molecule has 0 saturated heterocycles. The van der Waals surface area contributed by atoms with Crippen molar-refractivity contribution in [2.45, 2.75) is 0 Å². The average molecular weight is 259 g/mol. The molecule has 0 unspecified atom stereocenters. The third-order valence-electron chi connectivity index (χ3n) is 3.52. The lowest BCUT2D eigenvalue weighted by Gasteiger charge is -2.09. The fraction of sp³-hybridized carbons (Fsp3) is 0. The minimum Gasteiger partial charge on any atom is -0.872 e. The summed E-state index contributed by atoms with van der Waals surface area (Å²) in [6, 6.07) is 19.3. The summed E-state index contributed by atoms with van der Waals surface area (Å²) in [5.74, 6) is 0.0147. The van der Waals surface area contributed by atoms with Crippen molar-refractivity contribution in [2.75, 3.05) is 0 Å². The normalized spacial score (nSPS) is 11.2. The number of benzene rings is 2. The molecule has 0 bridgehead atoms. The molecule has 3 heteroatoms. The van der Waals surface area contributed by atoms with E-state index in [1.165, 1.54) is 0 Å². The molecule has 3 nitrogen and oxygen atoms in total. The van der Waals surface area contributed by atoms with E-state index in [0.717, 1.165) is 22.2 Å². The Bertz CT molecular complexity index is 910. The summed E-state index contributed by atoms with van der Waals surface area (Å²) < 4.78 is 2.08. The number of hydrogen-bond donors (Lipinski definition) is 0. The van der Waals surface area contributed by atoms with Crippen molar-refractivity contribution in [3.05, 3.63) is 66.9 Å². The van der Waals surface area contributed by atoms with Crippen LogP contribution in [0, 0.1) is 0 Å². The SMILES string of the molecule is [O-]c1cccc2c1c1ncccc1n2-c1ccccc1. The van der Waals surface area contributed by atoms with Crippen LogP contribution in [0.25, 0.3) is 27.6 Å². The molecule has 96 valence electrons. The van der Waals surface area contributed by atoms with Gasteiger partial charge in [0.25, 0.3) is 0 Å². The standard InChI is InChI=1S/C17H12N2O/c20-15-10-4-8-13-16(15)17-14(9-5-11-18-17)19(13)12-6-2-1-3-7-12/h1-11,20H/p-1. The van der Waals surface area contributed by atoms with Gasteiger partial charge in [-0.05, 0) is 30.3 Å². The molecule has 2 heterocycles. The summed E-state index contributed by atoms with van der Waals surface area (Å²) in [4.78, 5) is 4.40. The second-order valence-electron chi connectivity index (χ2n) is 4.69. The average Bonchev–Trinajstić information content (AvgIpc) is 2.84. The number of hydrogen-bond acceptors (Lipinski definition) is 2. The Labute approximate surface area is 115 Å². The van der Waals surface area contributed by atoms with Crippen LogP contribution in [-0.4, -0.2) is 9.55 Å². The number of pyridine rings is 1. The molecule has 2 aromatic heterocycles. The Morgan fingerprint density at radius 1 is 0.800 bits per heavy atom. The van der Waals surface area contributed by atoms with Crippen molar-refractivity contribution in [1.29, 1.82) is 0 Å². The van der Waals surface area contributed by atoms with Gasteiger partial charge in [0, 0.05) is 17.3 Å². The second kappa shape index (κ2) is 4.10. The Hall–Kier alpha value is -2.81. The van der Waals surface area contributed by atoms with Crippen molar-refractivity contribution in [1.82, 2.24) is 9.55 Å². The van der Waals surface area contributed by atoms with E-state index in [1.807, 2.05) is 48.5 Å². The smallest absolute Gasteiger partial charge is 0.0957 e. The largest absolute Gasteiger partial charge is 0.872 e. The highest BCUT2D eigenvalue weighted by molar-refractivity contribution is 6.09. The third kappa shape index (κ3) is 1.43. The van der Waals surface area contributed by atoms with E-state index in [-0.39, 0.29) is 5.75 Å². The molecule has 4 rings (SSSR count). The van der Waals surface area contributed by atoms with Gasteiger partial charge >= 0.3 is 0 Å². The predicted molar refractivity (Wildman–Crippen MR) is 78.0 cm³/mol. The number of para-hydroxylation sites is 1. The lowest BCUT2D eigenvalue weighted by Crippen LogP contribution is -1.94. The molecule has 0 aliphatic heterocycles. The molecular weight excluding hydrogens is 248 g/mol. The van der Waals surface area contributed by atoms with E-state index < -0.39 is 0 Å². The molecule has 4 aromatic rings. The molecule has 0 N–H and O–H groups in total. The van der Waals surface area contributed by atoms with Gasteiger partial charge in [-0.15, -0.1) is 0 Å².